The van der Waals surface area contributed by atoms with Crippen LogP contribution < -0.4 is 15.4 Å². The van der Waals surface area contributed by atoms with Gasteiger partial charge in [-0.15, -0.1) is 0 Å². The number of amides is 2. The Balaban J connectivity index is 1.58. The number of ether oxygens (including phenoxy) is 1. The predicted octanol–water partition coefficient (Wildman–Crippen LogP) is 5.73. The summed E-state index contributed by atoms with van der Waals surface area (Å²) in [5.74, 6) is 0.768. The Labute approximate surface area is 176 Å². The van der Waals surface area contributed by atoms with E-state index in [-0.39, 0.29) is 6.03 Å². The summed E-state index contributed by atoms with van der Waals surface area (Å²) >= 11 is 0. The lowest BCUT2D eigenvalue weighted by molar-refractivity contribution is 0.252. The molecule has 4 rings (SSSR count). The lowest BCUT2D eigenvalue weighted by atomic mass is 10.1. The highest BCUT2D eigenvalue weighted by molar-refractivity contribution is 6.07. The molecule has 0 aliphatic carbocycles. The zero-order valence-corrected chi connectivity index (χ0v) is 17.2. The van der Waals surface area contributed by atoms with Gasteiger partial charge in [-0.2, -0.15) is 0 Å². The average Bonchev–Trinajstić information content (AvgIpc) is 3.16. The highest BCUT2D eigenvalue weighted by atomic mass is 16.5. The van der Waals surface area contributed by atoms with Crippen molar-refractivity contribution in [3.8, 4) is 17.0 Å². The molecule has 1 heterocycles. The first-order valence-electron chi connectivity index (χ1n) is 10.1. The lowest BCUT2D eigenvalue weighted by Crippen LogP contribution is -2.28. The first-order chi connectivity index (χ1) is 14.7. The molecule has 0 saturated heterocycles. The molecule has 30 heavy (non-hydrogen) atoms. The van der Waals surface area contributed by atoms with Crippen LogP contribution in [0.25, 0.3) is 22.2 Å². The number of para-hydroxylation sites is 1. The summed E-state index contributed by atoms with van der Waals surface area (Å²) in [5.41, 5.74) is 5.94. The number of benzene rings is 3. The third-order valence-corrected chi connectivity index (χ3v) is 5.18. The van der Waals surface area contributed by atoms with Crippen LogP contribution in [0.1, 0.15) is 18.1 Å². The van der Waals surface area contributed by atoms with Gasteiger partial charge in [-0.05, 0) is 35.7 Å². The maximum atomic E-state index is 12.7. The van der Waals surface area contributed by atoms with Crippen molar-refractivity contribution < 1.29 is 9.53 Å². The second kappa shape index (κ2) is 8.74. The van der Waals surface area contributed by atoms with Crippen molar-refractivity contribution in [2.45, 2.75) is 19.9 Å². The van der Waals surface area contributed by atoms with E-state index in [0.29, 0.717) is 6.54 Å². The third-order valence-electron chi connectivity index (χ3n) is 5.18. The summed E-state index contributed by atoms with van der Waals surface area (Å²) in [7, 11) is 1.63. The van der Waals surface area contributed by atoms with E-state index in [4.69, 9.17) is 4.74 Å². The Morgan fingerprint density at radius 3 is 2.53 bits per heavy atom. The number of aromatic amines is 1. The van der Waals surface area contributed by atoms with Gasteiger partial charge in [0.05, 0.1) is 18.5 Å². The van der Waals surface area contributed by atoms with Crippen LogP contribution >= 0.6 is 0 Å². The molecule has 4 aromatic rings. The fourth-order valence-electron chi connectivity index (χ4n) is 3.52. The number of rotatable bonds is 6. The molecule has 2 amide bonds. The number of carbonyl (C=O) groups is 1. The summed E-state index contributed by atoms with van der Waals surface area (Å²) in [6.07, 6.45) is 0.991. The summed E-state index contributed by atoms with van der Waals surface area (Å²) in [6, 6.07) is 23.8. The monoisotopic (exact) mass is 399 g/mol. The Morgan fingerprint density at radius 2 is 1.77 bits per heavy atom. The number of fused-ring (bicyclic) bond motifs is 1. The number of hydrogen-bond donors (Lipinski definition) is 3. The smallest absolute Gasteiger partial charge is 0.319 e. The summed E-state index contributed by atoms with van der Waals surface area (Å²) < 4.78 is 5.24. The number of anilines is 1. The number of urea groups is 1. The van der Waals surface area contributed by atoms with Gasteiger partial charge < -0.3 is 20.4 Å². The van der Waals surface area contributed by atoms with E-state index in [9.17, 15) is 4.79 Å². The highest BCUT2D eigenvalue weighted by Crippen LogP contribution is 2.35. The normalized spacial score (nSPS) is 10.7. The summed E-state index contributed by atoms with van der Waals surface area (Å²) in [4.78, 5) is 16.2. The van der Waals surface area contributed by atoms with Crippen molar-refractivity contribution in [3.05, 3.63) is 83.9 Å². The second-order valence-corrected chi connectivity index (χ2v) is 7.13. The van der Waals surface area contributed by atoms with Crippen LogP contribution in [0.2, 0.25) is 0 Å². The van der Waals surface area contributed by atoms with Gasteiger partial charge in [0.25, 0.3) is 0 Å². The van der Waals surface area contributed by atoms with Gasteiger partial charge in [-0.3, -0.25) is 0 Å². The van der Waals surface area contributed by atoms with Gasteiger partial charge in [-0.1, -0.05) is 61.5 Å². The molecule has 3 N–H and O–H groups in total. The maximum absolute atomic E-state index is 12.7. The predicted molar refractivity (Wildman–Crippen MR) is 122 cm³/mol. The number of methoxy groups -OCH3 is 1. The first kappa shape index (κ1) is 19.6. The van der Waals surface area contributed by atoms with Crippen LogP contribution in [0.5, 0.6) is 5.75 Å². The first-order valence-corrected chi connectivity index (χ1v) is 10.1. The van der Waals surface area contributed by atoms with Gasteiger partial charge in [0.1, 0.15) is 5.75 Å². The van der Waals surface area contributed by atoms with Gasteiger partial charge in [0.15, 0.2) is 0 Å². The van der Waals surface area contributed by atoms with E-state index in [0.717, 1.165) is 45.6 Å². The SMILES string of the molecule is CCc1ccc(-c2[nH]c3ccccc3c2NC(=O)NCc2cccc(OC)c2)cc1. The quantitative estimate of drug-likeness (QED) is 0.388. The summed E-state index contributed by atoms with van der Waals surface area (Å²) in [5, 5.41) is 6.95. The average molecular weight is 399 g/mol. The van der Waals surface area contributed by atoms with E-state index in [1.807, 2.05) is 48.5 Å². The minimum Gasteiger partial charge on any atom is -0.497 e. The molecule has 0 aliphatic heterocycles. The number of H-pyrrole nitrogens is 1. The number of aryl methyl sites for hydroxylation is 1. The number of aromatic nitrogens is 1. The van der Waals surface area contributed by atoms with Crippen molar-refractivity contribution in [2.75, 3.05) is 12.4 Å². The molecule has 0 atom stereocenters. The van der Waals surface area contributed by atoms with Crippen LogP contribution in [0.3, 0.4) is 0 Å². The van der Waals surface area contributed by atoms with Gasteiger partial charge in [0, 0.05) is 23.0 Å². The molecular formula is C25H25N3O2. The number of carbonyl (C=O) groups excluding carboxylic acids is 1. The van der Waals surface area contributed by atoms with Crippen molar-refractivity contribution >= 4 is 22.6 Å². The molecule has 0 spiro atoms. The molecule has 5 nitrogen and oxygen atoms in total. The lowest BCUT2D eigenvalue weighted by Gasteiger charge is -2.10. The van der Waals surface area contributed by atoms with Crippen molar-refractivity contribution in [1.82, 2.24) is 10.3 Å². The minimum absolute atomic E-state index is 0.256. The van der Waals surface area contributed by atoms with E-state index in [1.165, 1.54) is 5.56 Å². The Kier molecular flexibility index (Phi) is 5.70. The molecule has 3 aromatic carbocycles. The molecule has 5 heteroatoms. The van der Waals surface area contributed by atoms with Gasteiger partial charge >= 0.3 is 6.03 Å². The fraction of sp³-hybridized carbons (Fsp3) is 0.160. The molecule has 0 unspecified atom stereocenters. The van der Waals surface area contributed by atoms with Gasteiger partial charge in [-0.25, -0.2) is 4.79 Å². The zero-order valence-electron chi connectivity index (χ0n) is 17.2. The topological polar surface area (TPSA) is 66.2 Å². The van der Waals surface area contributed by atoms with E-state index in [1.54, 1.807) is 7.11 Å². The molecule has 0 radical (unpaired) electrons. The number of nitrogens with one attached hydrogen (secondary N) is 3. The third kappa shape index (κ3) is 4.15. The van der Waals surface area contributed by atoms with Crippen molar-refractivity contribution in [2.24, 2.45) is 0 Å². The van der Waals surface area contributed by atoms with Crippen LogP contribution in [0, 0.1) is 0 Å². The molecule has 0 fully saturated rings. The fourth-order valence-corrected chi connectivity index (χ4v) is 3.52. The molecular weight excluding hydrogens is 374 g/mol. The molecule has 0 aliphatic rings. The van der Waals surface area contributed by atoms with Crippen molar-refractivity contribution in [3.63, 3.8) is 0 Å². The molecule has 152 valence electrons. The minimum atomic E-state index is -0.256. The van der Waals surface area contributed by atoms with Crippen LogP contribution in [-0.2, 0) is 13.0 Å². The standard InChI is InChI=1S/C25H25N3O2/c1-3-17-11-13-19(14-12-17)23-24(21-9-4-5-10-22(21)27-23)28-25(29)26-16-18-7-6-8-20(15-18)30-2/h4-15,27H,3,16H2,1-2H3,(H2,26,28,29). The van der Waals surface area contributed by atoms with Crippen molar-refractivity contribution in [1.29, 1.82) is 0 Å². The zero-order chi connectivity index (χ0) is 20.9. The van der Waals surface area contributed by atoms with E-state index >= 15 is 0 Å². The number of hydrogen-bond acceptors (Lipinski definition) is 2. The van der Waals surface area contributed by atoms with E-state index < -0.39 is 0 Å². The van der Waals surface area contributed by atoms with Gasteiger partial charge in [0.2, 0.25) is 0 Å². The van der Waals surface area contributed by atoms with Crippen LogP contribution in [0.15, 0.2) is 72.8 Å². The molecule has 0 saturated carbocycles. The highest BCUT2D eigenvalue weighted by Gasteiger charge is 2.15. The maximum Gasteiger partial charge on any atom is 0.319 e. The molecule has 1 aromatic heterocycles. The second-order valence-electron chi connectivity index (χ2n) is 7.13. The Morgan fingerprint density at radius 1 is 0.967 bits per heavy atom. The largest absolute Gasteiger partial charge is 0.497 e. The Hall–Kier alpha value is -3.73. The Bertz CT molecular complexity index is 1160. The molecule has 0 bridgehead atoms. The summed E-state index contributed by atoms with van der Waals surface area (Å²) in [6.45, 7) is 2.55. The van der Waals surface area contributed by atoms with E-state index in [2.05, 4.69) is 46.8 Å². The van der Waals surface area contributed by atoms with Crippen LogP contribution in [-0.4, -0.2) is 18.1 Å². The van der Waals surface area contributed by atoms with Crippen LogP contribution in [0.4, 0.5) is 10.5 Å².